The summed E-state index contributed by atoms with van der Waals surface area (Å²) in [5.74, 6) is 0.696. The van der Waals surface area contributed by atoms with Gasteiger partial charge in [0, 0.05) is 18.3 Å². The molecule has 0 N–H and O–H groups in total. The zero-order chi connectivity index (χ0) is 19.2. The van der Waals surface area contributed by atoms with Crippen LogP contribution in [0.2, 0.25) is 0 Å². The van der Waals surface area contributed by atoms with E-state index in [0.29, 0.717) is 17.1 Å². The summed E-state index contributed by atoms with van der Waals surface area (Å²) in [6.45, 7) is 0.0308. The fourth-order valence-corrected chi connectivity index (χ4v) is 2.29. The molecule has 0 saturated carbocycles. The average Bonchev–Trinajstić information content (AvgIpc) is 2.68. The predicted molar refractivity (Wildman–Crippen MR) is 94.8 cm³/mol. The maximum Gasteiger partial charge on any atom is 0.331 e. The van der Waals surface area contributed by atoms with Gasteiger partial charge in [0.25, 0.3) is 11.6 Å². The van der Waals surface area contributed by atoms with Crippen LogP contribution in [0.3, 0.4) is 0 Å². The number of hydrogen-bond acceptors (Lipinski definition) is 7. The highest BCUT2D eigenvalue weighted by Gasteiger charge is 2.16. The molecule has 9 nitrogen and oxygen atoms in total. The summed E-state index contributed by atoms with van der Waals surface area (Å²) in [6, 6.07) is 15.4. The van der Waals surface area contributed by atoms with Gasteiger partial charge in [-0.25, -0.2) is 4.98 Å². The first-order valence-electron chi connectivity index (χ1n) is 7.77. The number of nitro groups is 2. The third-order valence-electron chi connectivity index (χ3n) is 3.57. The molecule has 2 aromatic carbocycles. The van der Waals surface area contributed by atoms with E-state index in [1.165, 1.54) is 24.4 Å². The van der Waals surface area contributed by atoms with E-state index in [9.17, 15) is 20.2 Å². The molecular weight excluding hydrogens is 354 g/mol. The SMILES string of the molecule is O=[N+]([O-])c1ccccc1COc1ccc(Oc2ncccc2[N+](=O)[O-])cc1. The first kappa shape index (κ1) is 17.8. The molecule has 0 saturated heterocycles. The number of aromatic nitrogens is 1. The van der Waals surface area contributed by atoms with E-state index in [4.69, 9.17) is 9.47 Å². The van der Waals surface area contributed by atoms with E-state index in [-0.39, 0.29) is 23.9 Å². The van der Waals surface area contributed by atoms with Gasteiger partial charge in [0.2, 0.25) is 0 Å². The molecule has 0 aliphatic heterocycles. The van der Waals surface area contributed by atoms with E-state index >= 15 is 0 Å². The Balaban J connectivity index is 1.68. The molecule has 27 heavy (non-hydrogen) atoms. The van der Waals surface area contributed by atoms with E-state index < -0.39 is 9.85 Å². The Labute approximate surface area is 153 Å². The van der Waals surface area contributed by atoms with Gasteiger partial charge in [-0.3, -0.25) is 20.2 Å². The molecule has 0 fully saturated rings. The number of hydrogen-bond donors (Lipinski definition) is 0. The van der Waals surface area contributed by atoms with Gasteiger partial charge in [-0.15, -0.1) is 0 Å². The highest BCUT2D eigenvalue weighted by molar-refractivity contribution is 5.44. The molecule has 1 aromatic heterocycles. The lowest BCUT2D eigenvalue weighted by molar-refractivity contribution is -0.386. The van der Waals surface area contributed by atoms with Crippen LogP contribution in [0.1, 0.15) is 5.56 Å². The monoisotopic (exact) mass is 367 g/mol. The lowest BCUT2D eigenvalue weighted by Gasteiger charge is -2.08. The minimum absolute atomic E-state index is 0.0140. The Hall–Kier alpha value is -4.01. The van der Waals surface area contributed by atoms with Gasteiger partial charge in [0.15, 0.2) is 0 Å². The molecular formula is C18H13N3O6. The molecule has 3 rings (SSSR count). The fraction of sp³-hybridized carbons (Fsp3) is 0.0556. The van der Waals surface area contributed by atoms with Crippen LogP contribution in [0, 0.1) is 20.2 Å². The zero-order valence-electron chi connectivity index (χ0n) is 13.8. The van der Waals surface area contributed by atoms with Gasteiger partial charge in [-0.1, -0.05) is 12.1 Å². The van der Waals surface area contributed by atoms with Crippen molar-refractivity contribution in [2.24, 2.45) is 0 Å². The molecule has 0 bridgehead atoms. The van der Waals surface area contributed by atoms with Crippen molar-refractivity contribution in [2.75, 3.05) is 0 Å². The van der Waals surface area contributed by atoms with Crippen LogP contribution in [0.25, 0.3) is 0 Å². The summed E-state index contributed by atoms with van der Waals surface area (Å²) in [7, 11) is 0. The Morgan fingerprint density at radius 2 is 1.44 bits per heavy atom. The van der Waals surface area contributed by atoms with Gasteiger partial charge < -0.3 is 9.47 Å². The van der Waals surface area contributed by atoms with Gasteiger partial charge in [0.1, 0.15) is 18.1 Å². The largest absolute Gasteiger partial charge is 0.489 e. The van der Waals surface area contributed by atoms with Gasteiger partial charge in [0.05, 0.1) is 15.4 Å². The summed E-state index contributed by atoms with van der Waals surface area (Å²) < 4.78 is 11.0. The summed E-state index contributed by atoms with van der Waals surface area (Å²) in [5.41, 5.74) is 0.195. The zero-order valence-corrected chi connectivity index (χ0v) is 13.8. The molecule has 0 radical (unpaired) electrons. The minimum atomic E-state index is -0.577. The van der Waals surface area contributed by atoms with Crippen molar-refractivity contribution in [3.05, 3.63) is 92.7 Å². The number of pyridine rings is 1. The van der Waals surface area contributed by atoms with E-state index in [1.54, 1.807) is 42.5 Å². The van der Waals surface area contributed by atoms with Crippen LogP contribution in [-0.4, -0.2) is 14.8 Å². The van der Waals surface area contributed by atoms with Crippen molar-refractivity contribution in [2.45, 2.75) is 6.61 Å². The smallest absolute Gasteiger partial charge is 0.331 e. The van der Waals surface area contributed by atoms with Gasteiger partial charge in [-0.05, 0) is 36.4 Å². The molecule has 0 amide bonds. The van der Waals surface area contributed by atoms with Crippen LogP contribution >= 0.6 is 0 Å². The summed E-state index contributed by atoms with van der Waals surface area (Å²) in [4.78, 5) is 24.8. The second-order valence-electron chi connectivity index (χ2n) is 5.33. The average molecular weight is 367 g/mol. The summed E-state index contributed by atoms with van der Waals surface area (Å²) >= 11 is 0. The normalized spacial score (nSPS) is 10.2. The first-order valence-corrected chi connectivity index (χ1v) is 7.77. The maximum atomic E-state index is 11.0. The van der Waals surface area contributed by atoms with Crippen LogP contribution < -0.4 is 9.47 Å². The molecule has 136 valence electrons. The number of benzene rings is 2. The highest BCUT2D eigenvalue weighted by atomic mass is 16.6. The van der Waals surface area contributed by atoms with Crippen molar-refractivity contribution in [3.8, 4) is 17.4 Å². The standard InChI is InChI=1S/C18H13N3O6/c22-20(23)16-5-2-1-4-13(16)12-26-14-7-9-15(10-8-14)27-18-17(21(24)25)6-3-11-19-18/h1-11H,12H2. The Morgan fingerprint density at radius 1 is 0.815 bits per heavy atom. The number of para-hydroxylation sites is 1. The third kappa shape index (κ3) is 4.34. The lowest BCUT2D eigenvalue weighted by Crippen LogP contribution is -2.00. The van der Waals surface area contributed by atoms with Crippen molar-refractivity contribution in [3.63, 3.8) is 0 Å². The van der Waals surface area contributed by atoms with Crippen LogP contribution in [0.4, 0.5) is 11.4 Å². The molecule has 3 aromatic rings. The minimum Gasteiger partial charge on any atom is -0.489 e. The second-order valence-corrected chi connectivity index (χ2v) is 5.33. The number of nitro benzene ring substituents is 1. The first-order chi connectivity index (χ1) is 13.0. The summed E-state index contributed by atoms with van der Waals surface area (Å²) in [6.07, 6.45) is 1.40. The highest BCUT2D eigenvalue weighted by Crippen LogP contribution is 2.29. The third-order valence-corrected chi connectivity index (χ3v) is 3.57. The second kappa shape index (κ2) is 7.91. The van der Waals surface area contributed by atoms with Crippen LogP contribution in [0.15, 0.2) is 66.9 Å². The van der Waals surface area contributed by atoms with Crippen molar-refractivity contribution in [1.82, 2.24) is 4.98 Å². The molecule has 0 spiro atoms. The number of ether oxygens (including phenoxy) is 2. The molecule has 1 heterocycles. The number of rotatable bonds is 7. The Bertz CT molecular complexity index is 975. The fourth-order valence-electron chi connectivity index (χ4n) is 2.29. The maximum absolute atomic E-state index is 11.0. The predicted octanol–water partition coefficient (Wildman–Crippen LogP) is 4.27. The number of nitrogens with zero attached hydrogens (tertiary/aromatic N) is 3. The lowest BCUT2D eigenvalue weighted by atomic mass is 10.2. The molecule has 0 aliphatic rings. The van der Waals surface area contributed by atoms with E-state index in [0.717, 1.165) is 0 Å². The molecule has 0 aliphatic carbocycles. The van der Waals surface area contributed by atoms with Crippen molar-refractivity contribution < 1.29 is 19.3 Å². The molecule has 9 heteroatoms. The van der Waals surface area contributed by atoms with Gasteiger partial charge in [-0.2, -0.15) is 0 Å². The Morgan fingerprint density at radius 3 is 2.15 bits per heavy atom. The van der Waals surface area contributed by atoms with E-state index in [2.05, 4.69) is 4.98 Å². The Kier molecular flexibility index (Phi) is 5.22. The molecule has 0 unspecified atom stereocenters. The van der Waals surface area contributed by atoms with Crippen LogP contribution in [-0.2, 0) is 6.61 Å². The quantitative estimate of drug-likeness (QED) is 0.452. The van der Waals surface area contributed by atoms with E-state index in [1.807, 2.05) is 0 Å². The van der Waals surface area contributed by atoms with Crippen molar-refractivity contribution in [1.29, 1.82) is 0 Å². The van der Waals surface area contributed by atoms with Crippen LogP contribution in [0.5, 0.6) is 17.4 Å². The summed E-state index contributed by atoms with van der Waals surface area (Å²) in [5, 5.41) is 22.0. The molecule has 0 atom stereocenters. The topological polar surface area (TPSA) is 118 Å². The van der Waals surface area contributed by atoms with Gasteiger partial charge >= 0.3 is 5.69 Å². The van der Waals surface area contributed by atoms with Crippen molar-refractivity contribution >= 4 is 11.4 Å².